The van der Waals surface area contributed by atoms with Crippen LogP contribution in [-0.2, 0) is 12.8 Å². The molecule has 4 heteroatoms. The first-order valence-corrected chi connectivity index (χ1v) is 15.0. The zero-order valence-electron chi connectivity index (χ0n) is 23.3. The zero-order chi connectivity index (χ0) is 27.6. The average molecular weight is 540 g/mol. The fourth-order valence-corrected chi connectivity index (χ4v) is 7.41. The summed E-state index contributed by atoms with van der Waals surface area (Å²) < 4.78 is 6.98. The smallest absolute Gasteiger partial charge is 0.297 e. The number of hydrogen-bond donors (Lipinski definition) is 0. The summed E-state index contributed by atoms with van der Waals surface area (Å²) in [5, 5.41) is 0. The first kappa shape index (κ1) is 23.7. The van der Waals surface area contributed by atoms with Crippen LogP contribution in [0.25, 0.3) is 11.1 Å². The van der Waals surface area contributed by atoms with Gasteiger partial charge in [0.05, 0.1) is 11.3 Å². The molecule has 0 bridgehead atoms. The Labute approximate surface area is 246 Å². The molecular weight excluding hydrogens is 511 g/mol. The van der Waals surface area contributed by atoms with E-state index in [1.165, 1.54) is 74.7 Å². The van der Waals surface area contributed by atoms with Gasteiger partial charge in [0.15, 0.2) is 0 Å². The summed E-state index contributed by atoms with van der Waals surface area (Å²) in [5.41, 5.74) is 14.8. The second-order valence-electron chi connectivity index (χ2n) is 11.6. The third kappa shape index (κ3) is 3.42. The van der Waals surface area contributed by atoms with Gasteiger partial charge in [-0.05, 0) is 83.8 Å². The van der Waals surface area contributed by atoms with Gasteiger partial charge >= 0.3 is 0 Å². The Bertz CT molecular complexity index is 1950. The Hall–Kier alpha value is -4.96. The van der Waals surface area contributed by atoms with Crippen LogP contribution in [0.3, 0.4) is 0 Å². The minimum Gasteiger partial charge on any atom is -0.473 e. The lowest BCUT2D eigenvalue weighted by atomic mass is 9.35. The zero-order valence-corrected chi connectivity index (χ0v) is 23.3. The van der Waals surface area contributed by atoms with Gasteiger partial charge in [-0.2, -0.15) is 0 Å². The molecule has 0 atom stereocenters. The summed E-state index contributed by atoms with van der Waals surface area (Å²) in [4.78, 5) is 4.95. The Morgan fingerprint density at radius 3 is 1.88 bits per heavy atom. The lowest BCUT2D eigenvalue weighted by Gasteiger charge is -2.43. The van der Waals surface area contributed by atoms with Gasteiger partial charge in [0.1, 0.15) is 5.76 Å². The SMILES string of the molecule is c1ccc(-c2cc3c4c(c2)N(c2ccccc2)c2c(oc5c2CCCC5)B4c2ccccc2N3c2ccccc2)cc1. The number of furan rings is 1. The highest BCUT2D eigenvalue weighted by Gasteiger charge is 2.47. The molecule has 0 unspecified atom stereocenters. The van der Waals surface area contributed by atoms with Gasteiger partial charge in [0.2, 0.25) is 0 Å². The van der Waals surface area contributed by atoms with Crippen molar-refractivity contribution in [3.8, 4) is 11.1 Å². The normalized spacial score (nSPS) is 14.6. The van der Waals surface area contributed by atoms with E-state index in [0.29, 0.717) is 0 Å². The van der Waals surface area contributed by atoms with Gasteiger partial charge in [-0.3, -0.25) is 0 Å². The molecule has 42 heavy (non-hydrogen) atoms. The van der Waals surface area contributed by atoms with Crippen molar-refractivity contribution in [1.82, 2.24) is 0 Å². The van der Waals surface area contributed by atoms with E-state index < -0.39 is 0 Å². The van der Waals surface area contributed by atoms with E-state index in [9.17, 15) is 0 Å². The largest absolute Gasteiger partial charge is 0.473 e. The summed E-state index contributed by atoms with van der Waals surface area (Å²) in [6, 6.07) is 46.2. The molecule has 9 rings (SSSR count). The molecule has 0 N–H and O–H groups in total. The third-order valence-electron chi connectivity index (χ3n) is 9.19. The minimum absolute atomic E-state index is 0.0246. The Morgan fingerprint density at radius 1 is 0.548 bits per heavy atom. The van der Waals surface area contributed by atoms with E-state index in [0.717, 1.165) is 24.2 Å². The van der Waals surface area contributed by atoms with Crippen molar-refractivity contribution in [3.63, 3.8) is 0 Å². The quantitative estimate of drug-likeness (QED) is 0.212. The highest BCUT2D eigenvalue weighted by molar-refractivity contribution is 6.99. The fraction of sp³-hybridized carbons (Fsp3) is 0.105. The molecule has 0 fully saturated rings. The van der Waals surface area contributed by atoms with Gasteiger partial charge in [0, 0.05) is 40.4 Å². The predicted molar refractivity (Wildman–Crippen MR) is 175 cm³/mol. The van der Waals surface area contributed by atoms with Crippen LogP contribution in [0.5, 0.6) is 0 Å². The first-order valence-electron chi connectivity index (χ1n) is 15.0. The first-order chi connectivity index (χ1) is 20.9. The van der Waals surface area contributed by atoms with Crippen molar-refractivity contribution in [1.29, 1.82) is 0 Å². The molecular formula is C38H29BN2O. The Kier molecular flexibility index (Phi) is 5.24. The number of fused-ring (bicyclic) bond motifs is 6. The number of rotatable bonds is 3. The maximum absolute atomic E-state index is 6.98. The van der Waals surface area contributed by atoms with E-state index in [-0.39, 0.29) is 6.71 Å². The van der Waals surface area contributed by atoms with E-state index >= 15 is 0 Å². The number of benzene rings is 5. The van der Waals surface area contributed by atoms with Crippen LogP contribution < -0.4 is 26.4 Å². The van der Waals surface area contributed by atoms with Gasteiger partial charge in [0.25, 0.3) is 6.71 Å². The molecule has 1 aliphatic carbocycles. The number of anilines is 6. The Morgan fingerprint density at radius 2 is 1.14 bits per heavy atom. The van der Waals surface area contributed by atoms with Crippen molar-refractivity contribution >= 4 is 57.4 Å². The summed E-state index contributed by atoms with van der Waals surface area (Å²) in [5.74, 6) is 1.17. The van der Waals surface area contributed by atoms with Crippen molar-refractivity contribution in [2.24, 2.45) is 0 Å². The molecule has 3 nitrogen and oxygen atoms in total. The van der Waals surface area contributed by atoms with Crippen molar-refractivity contribution in [2.75, 3.05) is 9.80 Å². The van der Waals surface area contributed by atoms with Gasteiger partial charge < -0.3 is 14.2 Å². The van der Waals surface area contributed by atoms with Gasteiger partial charge in [-0.1, -0.05) is 84.9 Å². The van der Waals surface area contributed by atoms with Crippen LogP contribution in [0, 0.1) is 0 Å². The minimum atomic E-state index is 0.0246. The highest BCUT2D eigenvalue weighted by Crippen LogP contribution is 2.48. The summed E-state index contributed by atoms with van der Waals surface area (Å²) in [6.07, 6.45) is 4.45. The molecule has 0 saturated carbocycles. The number of nitrogens with zero attached hydrogens (tertiary/aromatic N) is 2. The molecule has 3 heterocycles. The summed E-state index contributed by atoms with van der Waals surface area (Å²) >= 11 is 0. The number of para-hydroxylation sites is 3. The molecule has 200 valence electrons. The Balaban J connectivity index is 1.43. The molecule has 0 spiro atoms. The fourth-order valence-electron chi connectivity index (χ4n) is 7.41. The number of hydrogen-bond acceptors (Lipinski definition) is 3. The highest BCUT2D eigenvalue weighted by atomic mass is 16.3. The lowest BCUT2D eigenvalue weighted by Crippen LogP contribution is -2.61. The van der Waals surface area contributed by atoms with Crippen molar-refractivity contribution in [2.45, 2.75) is 25.7 Å². The maximum Gasteiger partial charge on any atom is 0.297 e. The molecule has 0 saturated heterocycles. The van der Waals surface area contributed by atoms with Crippen molar-refractivity contribution in [3.05, 3.63) is 139 Å². The predicted octanol–water partition coefficient (Wildman–Crippen LogP) is 7.91. The van der Waals surface area contributed by atoms with E-state index in [2.05, 4.69) is 137 Å². The molecule has 3 aliphatic rings. The van der Waals surface area contributed by atoms with Crippen LogP contribution in [0.15, 0.2) is 132 Å². The van der Waals surface area contributed by atoms with E-state index in [1.807, 2.05) is 0 Å². The van der Waals surface area contributed by atoms with Gasteiger partial charge in [-0.25, -0.2) is 0 Å². The second kappa shape index (κ2) is 9.29. The van der Waals surface area contributed by atoms with Gasteiger partial charge in [-0.15, -0.1) is 0 Å². The van der Waals surface area contributed by atoms with E-state index in [1.54, 1.807) is 0 Å². The van der Waals surface area contributed by atoms with Crippen LogP contribution in [0.4, 0.5) is 34.1 Å². The van der Waals surface area contributed by atoms with Crippen molar-refractivity contribution < 1.29 is 4.42 Å². The molecule has 5 aromatic carbocycles. The van der Waals surface area contributed by atoms with Crippen LogP contribution >= 0.6 is 0 Å². The topological polar surface area (TPSA) is 19.6 Å². The molecule has 6 aromatic rings. The van der Waals surface area contributed by atoms with E-state index in [4.69, 9.17) is 4.42 Å². The number of aryl methyl sites for hydroxylation is 1. The van der Waals surface area contributed by atoms with Crippen LogP contribution in [0.2, 0.25) is 0 Å². The standard InChI is InChI=1S/C38H29BN2O/c1-4-14-26(15-5-1)27-24-33-36-34(25-27)41(29-18-8-3-9-19-29)37-30-20-10-13-23-35(30)42-38(37)39(36)31-21-11-12-22-32(31)40(33)28-16-6-2-7-17-28/h1-9,11-12,14-19,21-22,24-25H,10,13,20,23H2. The monoisotopic (exact) mass is 540 g/mol. The molecule has 1 aromatic heterocycles. The molecule has 2 aliphatic heterocycles. The third-order valence-corrected chi connectivity index (χ3v) is 9.19. The van der Waals surface area contributed by atoms with Crippen LogP contribution in [-0.4, -0.2) is 6.71 Å². The summed E-state index contributed by atoms with van der Waals surface area (Å²) in [7, 11) is 0. The second-order valence-corrected chi connectivity index (χ2v) is 11.6. The van der Waals surface area contributed by atoms with Crippen LogP contribution in [0.1, 0.15) is 24.2 Å². The molecule has 0 radical (unpaired) electrons. The summed E-state index contributed by atoms with van der Waals surface area (Å²) in [6.45, 7) is 0.0246. The average Bonchev–Trinajstić information content (AvgIpc) is 3.45. The maximum atomic E-state index is 6.98. The molecule has 0 amide bonds. The lowest BCUT2D eigenvalue weighted by molar-refractivity contribution is 0.497.